The van der Waals surface area contributed by atoms with E-state index in [1.807, 2.05) is 18.2 Å². The van der Waals surface area contributed by atoms with Crippen molar-refractivity contribution in [2.75, 3.05) is 6.61 Å². The molecule has 0 aliphatic rings. The predicted octanol–water partition coefficient (Wildman–Crippen LogP) is 3.07. The van der Waals surface area contributed by atoms with E-state index < -0.39 is 5.82 Å². The maximum absolute atomic E-state index is 13.6. The zero-order valence-electron chi connectivity index (χ0n) is 11.1. The van der Waals surface area contributed by atoms with Gasteiger partial charge in [0.1, 0.15) is 6.61 Å². The summed E-state index contributed by atoms with van der Waals surface area (Å²) >= 11 is 1.46. The van der Waals surface area contributed by atoms with Gasteiger partial charge in [0.25, 0.3) is 0 Å². The molecule has 0 aliphatic heterocycles. The molecule has 0 amide bonds. The number of nitriles is 1. The third-order valence-electron chi connectivity index (χ3n) is 2.54. The molecule has 0 atom stereocenters. The van der Waals surface area contributed by atoms with Crippen molar-refractivity contribution in [2.45, 2.75) is 13.0 Å². The Morgan fingerprint density at radius 3 is 2.86 bits per heavy atom. The second-order valence-electron chi connectivity index (χ2n) is 4.09. The van der Waals surface area contributed by atoms with Crippen LogP contribution in [0, 0.1) is 29.0 Å². The number of aliphatic hydroxyl groups is 1. The van der Waals surface area contributed by atoms with Crippen LogP contribution in [-0.2, 0) is 6.61 Å². The number of ether oxygens (including phenoxy) is 1. The van der Waals surface area contributed by atoms with Gasteiger partial charge < -0.3 is 9.84 Å². The van der Waals surface area contributed by atoms with E-state index in [0.29, 0.717) is 6.42 Å². The van der Waals surface area contributed by atoms with Crippen LogP contribution < -0.4 is 4.74 Å². The first-order chi connectivity index (χ1) is 10.2. The number of benzene rings is 1. The minimum absolute atomic E-state index is 0.0479. The van der Waals surface area contributed by atoms with Gasteiger partial charge in [0, 0.05) is 11.3 Å². The van der Waals surface area contributed by atoms with E-state index in [4.69, 9.17) is 15.1 Å². The van der Waals surface area contributed by atoms with Gasteiger partial charge in [-0.05, 0) is 30.3 Å². The lowest BCUT2D eigenvalue weighted by molar-refractivity contribution is 0.293. The topological polar surface area (TPSA) is 53.2 Å². The molecule has 1 heterocycles. The molecule has 3 nitrogen and oxygen atoms in total. The fraction of sp³-hybridized carbons (Fsp3) is 0.188. The molecule has 0 saturated carbocycles. The Balaban J connectivity index is 1.98. The smallest absolute Gasteiger partial charge is 0.166 e. The van der Waals surface area contributed by atoms with E-state index in [-0.39, 0.29) is 24.5 Å². The van der Waals surface area contributed by atoms with Crippen LogP contribution in [-0.4, -0.2) is 11.7 Å². The van der Waals surface area contributed by atoms with Crippen molar-refractivity contribution < 1.29 is 14.2 Å². The molecule has 1 N–H and O–H groups in total. The summed E-state index contributed by atoms with van der Waals surface area (Å²) in [6.45, 7) is 0.293. The van der Waals surface area contributed by atoms with Crippen LogP contribution in [0.5, 0.6) is 5.75 Å². The molecule has 2 aromatic rings. The molecule has 2 rings (SSSR count). The summed E-state index contributed by atoms with van der Waals surface area (Å²) in [4.78, 5) is 1.80. The summed E-state index contributed by atoms with van der Waals surface area (Å²) < 4.78 is 19.0. The van der Waals surface area contributed by atoms with E-state index in [0.717, 1.165) is 15.8 Å². The molecular weight excluding hydrogens is 289 g/mol. The lowest BCUT2D eigenvalue weighted by Gasteiger charge is -2.05. The van der Waals surface area contributed by atoms with Crippen LogP contribution in [0.25, 0.3) is 0 Å². The highest BCUT2D eigenvalue weighted by atomic mass is 32.1. The molecule has 106 valence electrons. The van der Waals surface area contributed by atoms with E-state index in [1.54, 1.807) is 0 Å². The average molecular weight is 301 g/mol. The monoisotopic (exact) mass is 301 g/mol. The van der Waals surface area contributed by atoms with E-state index in [2.05, 4.69) is 11.8 Å². The fourth-order valence-electron chi connectivity index (χ4n) is 1.56. The van der Waals surface area contributed by atoms with Crippen molar-refractivity contribution in [1.82, 2.24) is 0 Å². The van der Waals surface area contributed by atoms with Gasteiger partial charge in [-0.2, -0.15) is 5.26 Å². The second-order valence-corrected chi connectivity index (χ2v) is 5.26. The molecule has 0 unspecified atom stereocenters. The molecule has 0 aliphatic carbocycles. The Morgan fingerprint density at radius 2 is 2.14 bits per heavy atom. The highest BCUT2D eigenvalue weighted by Gasteiger charge is 2.06. The van der Waals surface area contributed by atoms with E-state index >= 15 is 0 Å². The van der Waals surface area contributed by atoms with E-state index in [1.165, 1.54) is 23.5 Å². The first-order valence-electron chi connectivity index (χ1n) is 6.24. The Hall–Kier alpha value is -2.34. The highest BCUT2D eigenvalue weighted by molar-refractivity contribution is 7.12. The van der Waals surface area contributed by atoms with Gasteiger partial charge in [-0.1, -0.05) is 11.8 Å². The van der Waals surface area contributed by atoms with E-state index in [9.17, 15) is 4.39 Å². The van der Waals surface area contributed by atoms with Gasteiger partial charge in [0.05, 0.1) is 23.1 Å². The minimum atomic E-state index is -0.548. The van der Waals surface area contributed by atoms with Crippen molar-refractivity contribution in [1.29, 1.82) is 5.26 Å². The highest BCUT2D eigenvalue weighted by Crippen LogP contribution is 2.22. The van der Waals surface area contributed by atoms with Crippen molar-refractivity contribution >= 4 is 11.3 Å². The third-order valence-corrected chi connectivity index (χ3v) is 3.52. The Kier molecular flexibility index (Phi) is 5.34. The first kappa shape index (κ1) is 15.1. The van der Waals surface area contributed by atoms with Crippen LogP contribution in [0.15, 0.2) is 30.3 Å². The number of aliphatic hydroxyl groups excluding tert-OH is 1. The number of nitrogens with zero attached hydrogens (tertiary/aromatic N) is 1. The molecule has 0 fully saturated rings. The first-order valence-corrected chi connectivity index (χ1v) is 7.05. The Morgan fingerprint density at radius 1 is 1.29 bits per heavy atom. The average Bonchev–Trinajstić information content (AvgIpc) is 2.94. The van der Waals surface area contributed by atoms with Crippen LogP contribution in [0.3, 0.4) is 0 Å². The quantitative estimate of drug-likeness (QED) is 0.883. The van der Waals surface area contributed by atoms with Crippen molar-refractivity contribution in [3.05, 3.63) is 51.5 Å². The van der Waals surface area contributed by atoms with Crippen LogP contribution in [0.1, 0.15) is 21.7 Å². The third kappa shape index (κ3) is 4.32. The van der Waals surface area contributed by atoms with Crippen LogP contribution in [0.4, 0.5) is 4.39 Å². The summed E-state index contributed by atoms with van der Waals surface area (Å²) in [5.41, 5.74) is 0.261. The number of hydrogen-bond acceptors (Lipinski definition) is 4. The number of rotatable bonds is 4. The summed E-state index contributed by atoms with van der Waals surface area (Å²) in [5.74, 6) is 5.35. The van der Waals surface area contributed by atoms with Gasteiger partial charge in [-0.25, -0.2) is 4.39 Å². The fourth-order valence-corrected chi connectivity index (χ4v) is 2.36. The zero-order valence-corrected chi connectivity index (χ0v) is 11.9. The molecule has 21 heavy (non-hydrogen) atoms. The molecule has 5 heteroatoms. The molecule has 1 aromatic carbocycles. The maximum atomic E-state index is 13.6. The summed E-state index contributed by atoms with van der Waals surface area (Å²) in [6, 6.07) is 9.71. The predicted molar refractivity (Wildman–Crippen MR) is 78.3 cm³/mol. The van der Waals surface area contributed by atoms with Crippen LogP contribution >= 0.6 is 11.3 Å². The normalized spacial score (nSPS) is 9.57. The standard InChI is InChI=1S/C16H12FNO2S/c17-15-9-12(10-18)4-7-16(15)20-11-14-6-5-13(21-14)3-1-2-8-19/h4-7,9,19H,2,8,11H2. The molecule has 0 saturated heterocycles. The van der Waals surface area contributed by atoms with Gasteiger partial charge in [-0.15, -0.1) is 11.3 Å². The molecule has 0 spiro atoms. The minimum Gasteiger partial charge on any atom is -0.485 e. The second kappa shape index (κ2) is 7.44. The maximum Gasteiger partial charge on any atom is 0.166 e. The number of thiophene rings is 1. The Labute approximate surface area is 126 Å². The summed E-state index contributed by atoms with van der Waals surface area (Å²) in [5, 5.41) is 17.3. The zero-order chi connectivity index (χ0) is 15.1. The van der Waals surface area contributed by atoms with Gasteiger partial charge >= 0.3 is 0 Å². The van der Waals surface area contributed by atoms with Crippen molar-refractivity contribution in [3.63, 3.8) is 0 Å². The number of hydrogen-bond donors (Lipinski definition) is 1. The summed E-state index contributed by atoms with van der Waals surface area (Å²) in [7, 11) is 0. The lowest BCUT2D eigenvalue weighted by Crippen LogP contribution is -1.95. The Bertz CT molecular complexity index is 722. The number of halogens is 1. The lowest BCUT2D eigenvalue weighted by atomic mass is 10.2. The van der Waals surface area contributed by atoms with Gasteiger partial charge in [0.2, 0.25) is 0 Å². The SMILES string of the molecule is N#Cc1ccc(OCc2ccc(C#CCCO)s2)c(F)c1. The molecule has 0 bridgehead atoms. The van der Waals surface area contributed by atoms with Crippen molar-refractivity contribution in [3.8, 4) is 23.7 Å². The summed E-state index contributed by atoms with van der Waals surface area (Å²) in [6.07, 6.45) is 0.445. The van der Waals surface area contributed by atoms with Crippen molar-refractivity contribution in [2.24, 2.45) is 0 Å². The van der Waals surface area contributed by atoms with Gasteiger partial charge in [0.15, 0.2) is 11.6 Å². The molecule has 1 aromatic heterocycles. The van der Waals surface area contributed by atoms with Gasteiger partial charge in [-0.3, -0.25) is 0 Å². The largest absolute Gasteiger partial charge is 0.485 e. The molecular formula is C16H12FNO2S. The molecule has 0 radical (unpaired) electrons. The van der Waals surface area contributed by atoms with Crippen LogP contribution in [0.2, 0.25) is 0 Å².